The van der Waals surface area contributed by atoms with Crippen LogP contribution in [-0.4, -0.2) is 27.7 Å². The summed E-state index contributed by atoms with van der Waals surface area (Å²) >= 11 is 0. The van der Waals surface area contributed by atoms with Crippen molar-refractivity contribution in [3.63, 3.8) is 0 Å². The van der Waals surface area contributed by atoms with Crippen LogP contribution >= 0.6 is 0 Å². The number of anilines is 2. The second-order valence-corrected chi connectivity index (χ2v) is 9.43. The maximum Gasteiger partial charge on any atom is 0.412 e. The summed E-state index contributed by atoms with van der Waals surface area (Å²) < 4.78 is 10.7. The van der Waals surface area contributed by atoms with E-state index in [4.69, 9.17) is 9.26 Å². The first-order chi connectivity index (χ1) is 15.1. The molecule has 2 heterocycles. The molecule has 168 valence electrons. The number of carbonyl (C=O) groups excluding carboxylic acids is 2. The molecule has 0 unspecified atom stereocenters. The van der Waals surface area contributed by atoms with E-state index >= 15 is 0 Å². The third-order valence-electron chi connectivity index (χ3n) is 5.07. The number of nitrogens with zero attached hydrogens (tertiary/aromatic N) is 2. The number of hydrogen-bond acceptors (Lipinski definition) is 6. The number of nitrogens with one attached hydrogen (secondary N) is 2. The number of hydrogen-bond donors (Lipinski definition) is 2. The fourth-order valence-corrected chi connectivity index (χ4v) is 3.41. The molecule has 0 bridgehead atoms. The number of aromatic nitrogens is 2. The van der Waals surface area contributed by atoms with Crippen LogP contribution in [0.2, 0.25) is 0 Å². The smallest absolute Gasteiger partial charge is 0.412 e. The highest BCUT2D eigenvalue weighted by Gasteiger charge is 2.29. The van der Waals surface area contributed by atoms with Gasteiger partial charge < -0.3 is 14.6 Å². The topological polar surface area (TPSA) is 106 Å². The Bertz CT molecular complexity index is 1160. The molecule has 0 saturated heterocycles. The van der Waals surface area contributed by atoms with Gasteiger partial charge in [0.25, 0.3) is 11.6 Å². The van der Waals surface area contributed by atoms with Gasteiger partial charge in [0, 0.05) is 23.0 Å². The summed E-state index contributed by atoms with van der Waals surface area (Å²) in [6.45, 7) is 9.41. The molecule has 0 radical (unpaired) electrons. The summed E-state index contributed by atoms with van der Waals surface area (Å²) in [6, 6.07) is 8.72. The summed E-state index contributed by atoms with van der Waals surface area (Å²) in [5.41, 5.74) is 3.09. The van der Waals surface area contributed by atoms with Gasteiger partial charge in [-0.3, -0.25) is 10.1 Å². The van der Waals surface area contributed by atoms with E-state index in [1.807, 2.05) is 19.9 Å². The Morgan fingerprint density at radius 1 is 1.09 bits per heavy atom. The van der Waals surface area contributed by atoms with Crippen LogP contribution in [0.1, 0.15) is 81.0 Å². The molecule has 1 fully saturated rings. The molecule has 0 aliphatic heterocycles. The van der Waals surface area contributed by atoms with Crippen molar-refractivity contribution in [2.75, 3.05) is 10.6 Å². The fourth-order valence-electron chi connectivity index (χ4n) is 3.41. The molecule has 1 aromatic carbocycles. The Morgan fingerprint density at radius 3 is 2.28 bits per heavy atom. The lowest BCUT2D eigenvalue weighted by Crippen LogP contribution is -2.27. The molecule has 4 rings (SSSR count). The number of fused-ring (bicyclic) bond motifs is 1. The van der Waals surface area contributed by atoms with Gasteiger partial charge in [0.15, 0.2) is 0 Å². The van der Waals surface area contributed by atoms with E-state index in [0.717, 1.165) is 24.2 Å². The Labute approximate surface area is 186 Å². The summed E-state index contributed by atoms with van der Waals surface area (Å²) in [5.74, 6) is 0.212. The molecule has 1 aliphatic rings. The van der Waals surface area contributed by atoms with E-state index in [2.05, 4.69) is 20.8 Å². The van der Waals surface area contributed by atoms with Gasteiger partial charge in [0.1, 0.15) is 5.60 Å². The van der Waals surface area contributed by atoms with Crippen LogP contribution in [-0.2, 0) is 4.74 Å². The SMILES string of the molecule is CC(C)c1noc2nc(C3CC3)cc(C(=O)Nc3ccc(NC(=O)OC(C)(C)C)cc3)c12. The van der Waals surface area contributed by atoms with Crippen molar-refractivity contribution < 1.29 is 18.8 Å². The molecule has 1 saturated carbocycles. The van der Waals surface area contributed by atoms with E-state index < -0.39 is 11.7 Å². The van der Waals surface area contributed by atoms with Crippen molar-refractivity contribution in [3.05, 3.63) is 47.3 Å². The van der Waals surface area contributed by atoms with Gasteiger partial charge in [0.05, 0.1) is 16.6 Å². The molecule has 1 aliphatic carbocycles. The van der Waals surface area contributed by atoms with Gasteiger partial charge in [-0.1, -0.05) is 19.0 Å². The van der Waals surface area contributed by atoms with Crippen LogP contribution < -0.4 is 10.6 Å². The van der Waals surface area contributed by atoms with Gasteiger partial charge in [-0.15, -0.1) is 0 Å². The second kappa shape index (κ2) is 8.26. The van der Waals surface area contributed by atoms with E-state index in [9.17, 15) is 9.59 Å². The highest BCUT2D eigenvalue weighted by molar-refractivity contribution is 6.12. The van der Waals surface area contributed by atoms with Crippen molar-refractivity contribution in [2.24, 2.45) is 0 Å². The number of rotatable bonds is 5. The lowest BCUT2D eigenvalue weighted by atomic mass is 10.0. The Kier molecular flexibility index (Phi) is 5.62. The molecular formula is C24H28N4O4. The maximum absolute atomic E-state index is 13.2. The van der Waals surface area contributed by atoms with E-state index in [0.29, 0.717) is 34.0 Å². The first kappa shape index (κ1) is 21.8. The molecule has 2 aromatic heterocycles. The minimum Gasteiger partial charge on any atom is -0.444 e. The third-order valence-corrected chi connectivity index (χ3v) is 5.07. The number of benzene rings is 1. The first-order valence-electron chi connectivity index (χ1n) is 10.8. The summed E-state index contributed by atoms with van der Waals surface area (Å²) in [4.78, 5) is 29.7. The predicted octanol–water partition coefficient (Wildman–Crippen LogP) is 5.82. The summed E-state index contributed by atoms with van der Waals surface area (Å²) in [5, 5.41) is 10.4. The Morgan fingerprint density at radius 2 is 1.72 bits per heavy atom. The van der Waals surface area contributed by atoms with Crippen LogP contribution in [0, 0.1) is 0 Å². The average Bonchev–Trinajstić information content (AvgIpc) is 3.46. The van der Waals surface area contributed by atoms with Gasteiger partial charge in [0.2, 0.25) is 0 Å². The number of amides is 2. The monoisotopic (exact) mass is 436 g/mol. The number of pyridine rings is 1. The number of carbonyl (C=O) groups is 2. The average molecular weight is 437 g/mol. The van der Waals surface area contributed by atoms with E-state index in [1.54, 1.807) is 45.0 Å². The Balaban J connectivity index is 1.55. The maximum atomic E-state index is 13.2. The summed E-state index contributed by atoms with van der Waals surface area (Å²) in [6.07, 6.45) is 1.60. The minimum atomic E-state index is -0.579. The van der Waals surface area contributed by atoms with Gasteiger partial charge >= 0.3 is 6.09 Å². The zero-order chi connectivity index (χ0) is 23.0. The predicted molar refractivity (Wildman–Crippen MR) is 122 cm³/mol. The largest absolute Gasteiger partial charge is 0.444 e. The lowest BCUT2D eigenvalue weighted by Gasteiger charge is -2.19. The normalized spacial score (nSPS) is 13.9. The van der Waals surface area contributed by atoms with Crippen LogP contribution in [0.15, 0.2) is 34.9 Å². The molecular weight excluding hydrogens is 408 g/mol. The van der Waals surface area contributed by atoms with Gasteiger partial charge in [-0.2, -0.15) is 0 Å². The fraction of sp³-hybridized carbons (Fsp3) is 0.417. The second-order valence-electron chi connectivity index (χ2n) is 9.43. The molecule has 0 spiro atoms. The van der Waals surface area contributed by atoms with Crippen LogP contribution in [0.4, 0.5) is 16.2 Å². The van der Waals surface area contributed by atoms with E-state index in [-0.39, 0.29) is 11.8 Å². The van der Waals surface area contributed by atoms with Crippen molar-refractivity contribution in [3.8, 4) is 0 Å². The Hall–Kier alpha value is -3.42. The molecule has 3 aromatic rings. The van der Waals surface area contributed by atoms with Gasteiger partial charge in [-0.25, -0.2) is 9.78 Å². The zero-order valence-corrected chi connectivity index (χ0v) is 19.0. The molecule has 8 nitrogen and oxygen atoms in total. The van der Waals surface area contributed by atoms with Crippen LogP contribution in [0.3, 0.4) is 0 Å². The van der Waals surface area contributed by atoms with Crippen molar-refractivity contribution >= 4 is 34.5 Å². The van der Waals surface area contributed by atoms with Crippen LogP contribution in [0.25, 0.3) is 11.1 Å². The van der Waals surface area contributed by atoms with Crippen molar-refractivity contribution in [2.45, 2.75) is 64.9 Å². The van der Waals surface area contributed by atoms with E-state index in [1.165, 1.54) is 0 Å². The van der Waals surface area contributed by atoms with Crippen molar-refractivity contribution in [1.29, 1.82) is 0 Å². The van der Waals surface area contributed by atoms with Crippen molar-refractivity contribution in [1.82, 2.24) is 10.1 Å². The lowest BCUT2D eigenvalue weighted by molar-refractivity contribution is 0.0635. The number of ether oxygens (including phenoxy) is 1. The molecule has 8 heteroatoms. The highest BCUT2D eigenvalue weighted by atomic mass is 16.6. The molecule has 32 heavy (non-hydrogen) atoms. The summed E-state index contributed by atoms with van der Waals surface area (Å²) in [7, 11) is 0. The van der Waals surface area contributed by atoms with Crippen LogP contribution in [0.5, 0.6) is 0 Å². The third kappa shape index (κ3) is 4.90. The molecule has 0 atom stereocenters. The quantitative estimate of drug-likeness (QED) is 0.522. The first-order valence-corrected chi connectivity index (χ1v) is 10.8. The highest BCUT2D eigenvalue weighted by Crippen LogP contribution is 2.41. The minimum absolute atomic E-state index is 0.0922. The molecule has 2 amide bonds. The van der Waals surface area contributed by atoms with Gasteiger partial charge in [-0.05, 0) is 69.9 Å². The zero-order valence-electron chi connectivity index (χ0n) is 19.0. The molecule has 2 N–H and O–H groups in total. The standard InChI is InChI=1S/C24H28N4O4/c1-13(2)20-19-17(12-18(14-6-7-14)27-22(19)32-28-20)21(29)25-15-8-10-16(11-9-15)26-23(30)31-24(3,4)5/h8-14H,6-7H2,1-5H3,(H,25,29)(H,26,30).